The molecule has 0 atom stereocenters. The van der Waals surface area contributed by atoms with E-state index < -0.39 is 0 Å². The topological polar surface area (TPSA) is 66.9 Å². The van der Waals surface area contributed by atoms with Crippen molar-refractivity contribution in [2.45, 2.75) is 0 Å². The van der Waals surface area contributed by atoms with E-state index in [1.54, 1.807) is 18.3 Å². The number of hydrogen-bond acceptors (Lipinski definition) is 6. The first kappa shape index (κ1) is 16.7. The summed E-state index contributed by atoms with van der Waals surface area (Å²) in [7, 11) is 2.11. The molecule has 1 fully saturated rings. The summed E-state index contributed by atoms with van der Waals surface area (Å²) in [6.45, 7) is 4.88. The van der Waals surface area contributed by atoms with Crippen molar-refractivity contribution in [3.63, 3.8) is 0 Å². The highest BCUT2D eigenvalue weighted by atomic mass is 16.6. The second-order valence-corrected chi connectivity index (χ2v) is 6.51. The van der Waals surface area contributed by atoms with Gasteiger partial charge < -0.3 is 24.6 Å². The molecule has 0 unspecified atom stereocenters. The Morgan fingerprint density at radius 1 is 1.04 bits per heavy atom. The molecule has 2 aliphatic heterocycles. The van der Waals surface area contributed by atoms with Crippen LogP contribution in [0.4, 0.5) is 11.5 Å². The lowest BCUT2D eigenvalue weighted by Crippen LogP contribution is -2.44. The van der Waals surface area contributed by atoms with Gasteiger partial charge in [0, 0.05) is 49.7 Å². The lowest BCUT2D eigenvalue weighted by molar-refractivity contribution is 0.102. The van der Waals surface area contributed by atoms with Gasteiger partial charge >= 0.3 is 0 Å². The van der Waals surface area contributed by atoms with Crippen LogP contribution >= 0.6 is 0 Å². The molecule has 136 valence electrons. The van der Waals surface area contributed by atoms with Crippen molar-refractivity contribution in [2.24, 2.45) is 0 Å². The molecule has 2 aromatic rings. The van der Waals surface area contributed by atoms with Crippen LogP contribution in [0.5, 0.6) is 11.5 Å². The van der Waals surface area contributed by atoms with Gasteiger partial charge in [0.15, 0.2) is 11.5 Å². The Hall–Kier alpha value is -2.80. The number of likely N-dealkylation sites (N-methyl/N-ethyl adjacent to an activating group) is 1. The van der Waals surface area contributed by atoms with E-state index in [1.165, 1.54) is 0 Å². The summed E-state index contributed by atoms with van der Waals surface area (Å²) >= 11 is 0. The van der Waals surface area contributed by atoms with Crippen LogP contribution in [0.1, 0.15) is 10.4 Å². The molecule has 0 aliphatic carbocycles. The molecule has 1 N–H and O–H groups in total. The summed E-state index contributed by atoms with van der Waals surface area (Å²) in [6.07, 6.45) is 1.69. The molecule has 1 aromatic heterocycles. The lowest BCUT2D eigenvalue weighted by Gasteiger charge is -2.33. The van der Waals surface area contributed by atoms with E-state index in [-0.39, 0.29) is 5.91 Å². The average molecular weight is 354 g/mol. The molecule has 0 radical (unpaired) electrons. The number of amides is 1. The Morgan fingerprint density at radius 2 is 1.81 bits per heavy atom. The van der Waals surface area contributed by atoms with Crippen LogP contribution in [0.25, 0.3) is 0 Å². The Balaban J connectivity index is 1.47. The van der Waals surface area contributed by atoms with Gasteiger partial charge in [0.1, 0.15) is 19.0 Å². The number of rotatable bonds is 3. The first-order chi connectivity index (χ1) is 12.7. The minimum Gasteiger partial charge on any atom is -0.486 e. The third kappa shape index (κ3) is 3.57. The number of pyridine rings is 1. The fraction of sp³-hybridized carbons (Fsp3) is 0.368. The van der Waals surface area contributed by atoms with E-state index >= 15 is 0 Å². The average Bonchev–Trinajstić information content (AvgIpc) is 2.68. The highest BCUT2D eigenvalue weighted by Gasteiger charge is 2.17. The fourth-order valence-electron chi connectivity index (χ4n) is 3.09. The number of hydrogen-bond donors (Lipinski definition) is 1. The van der Waals surface area contributed by atoms with Crippen molar-refractivity contribution in [1.29, 1.82) is 0 Å². The molecule has 1 aromatic carbocycles. The van der Waals surface area contributed by atoms with Gasteiger partial charge in [-0.1, -0.05) is 0 Å². The largest absolute Gasteiger partial charge is 0.486 e. The summed E-state index contributed by atoms with van der Waals surface area (Å²) in [4.78, 5) is 21.6. The number of benzene rings is 1. The Labute approximate surface area is 152 Å². The molecule has 7 heteroatoms. The number of anilines is 2. The summed E-state index contributed by atoms with van der Waals surface area (Å²) < 4.78 is 11.1. The molecule has 3 heterocycles. The van der Waals surface area contributed by atoms with Crippen LogP contribution in [-0.2, 0) is 0 Å². The van der Waals surface area contributed by atoms with Gasteiger partial charge in [-0.3, -0.25) is 4.79 Å². The summed E-state index contributed by atoms with van der Waals surface area (Å²) in [6, 6.07) is 8.99. The van der Waals surface area contributed by atoms with Gasteiger partial charge in [0.05, 0.1) is 0 Å². The third-order valence-corrected chi connectivity index (χ3v) is 4.64. The molecule has 7 nitrogen and oxygen atoms in total. The van der Waals surface area contributed by atoms with E-state index in [4.69, 9.17) is 9.47 Å². The van der Waals surface area contributed by atoms with Gasteiger partial charge in [-0.25, -0.2) is 4.98 Å². The van der Waals surface area contributed by atoms with E-state index in [0.29, 0.717) is 36.0 Å². The van der Waals surface area contributed by atoms with Gasteiger partial charge in [-0.15, -0.1) is 0 Å². The Kier molecular flexibility index (Phi) is 4.62. The van der Waals surface area contributed by atoms with E-state index in [2.05, 4.69) is 27.1 Å². The van der Waals surface area contributed by atoms with Crippen LogP contribution in [0.3, 0.4) is 0 Å². The van der Waals surface area contributed by atoms with Crippen molar-refractivity contribution >= 4 is 17.4 Å². The van der Waals surface area contributed by atoms with E-state index in [0.717, 1.165) is 32.0 Å². The van der Waals surface area contributed by atoms with Gasteiger partial charge in [0.25, 0.3) is 5.91 Å². The zero-order valence-electron chi connectivity index (χ0n) is 14.8. The zero-order chi connectivity index (χ0) is 17.9. The Bertz CT molecular complexity index is 803. The SMILES string of the molecule is CN1CCN(c2cc(C(=O)Nc3ccc4c(c3)OCCO4)ccn2)CC1. The highest BCUT2D eigenvalue weighted by Crippen LogP contribution is 2.32. The Morgan fingerprint density at radius 3 is 2.62 bits per heavy atom. The smallest absolute Gasteiger partial charge is 0.255 e. The van der Waals surface area contributed by atoms with Gasteiger partial charge in [0.2, 0.25) is 0 Å². The fourth-order valence-corrected chi connectivity index (χ4v) is 3.09. The third-order valence-electron chi connectivity index (χ3n) is 4.64. The molecular formula is C19H22N4O3. The van der Waals surface area contributed by atoms with Crippen molar-refractivity contribution < 1.29 is 14.3 Å². The summed E-state index contributed by atoms with van der Waals surface area (Å²) in [5, 5.41) is 2.92. The number of fused-ring (bicyclic) bond motifs is 1. The normalized spacial score (nSPS) is 17.0. The second kappa shape index (κ2) is 7.21. The number of ether oxygens (including phenoxy) is 2. The van der Waals surface area contributed by atoms with Crippen LogP contribution in [-0.4, -0.2) is 62.2 Å². The maximum atomic E-state index is 12.6. The van der Waals surface area contributed by atoms with E-state index in [1.807, 2.05) is 18.2 Å². The first-order valence-corrected chi connectivity index (χ1v) is 8.79. The van der Waals surface area contributed by atoms with Crippen LogP contribution < -0.4 is 19.7 Å². The molecule has 4 rings (SSSR count). The van der Waals surface area contributed by atoms with Crippen LogP contribution in [0.15, 0.2) is 36.5 Å². The van der Waals surface area contributed by atoms with Crippen molar-refractivity contribution in [2.75, 3.05) is 56.7 Å². The number of carbonyl (C=O) groups excluding carboxylic acids is 1. The maximum absolute atomic E-state index is 12.6. The summed E-state index contributed by atoms with van der Waals surface area (Å²) in [5.41, 5.74) is 1.26. The van der Waals surface area contributed by atoms with E-state index in [9.17, 15) is 4.79 Å². The minimum absolute atomic E-state index is 0.167. The number of nitrogens with one attached hydrogen (secondary N) is 1. The van der Waals surface area contributed by atoms with Gasteiger partial charge in [-0.05, 0) is 31.3 Å². The molecule has 0 bridgehead atoms. The number of nitrogens with zero attached hydrogens (tertiary/aromatic N) is 3. The molecule has 26 heavy (non-hydrogen) atoms. The van der Waals surface area contributed by atoms with Gasteiger partial charge in [-0.2, -0.15) is 0 Å². The van der Waals surface area contributed by atoms with Crippen LogP contribution in [0, 0.1) is 0 Å². The zero-order valence-corrected chi connectivity index (χ0v) is 14.8. The molecule has 1 saturated heterocycles. The molecular weight excluding hydrogens is 332 g/mol. The number of aromatic nitrogens is 1. The standard InChI is InChI=1S/C19H22N4O3/c1-22-6-8-23(9-7-22)18-12-14(4-5-20-18)19(24)21-15-2-3-16-17(13-15)26-11-10-25-16/h2-5,12-13H,6-11H2,1H3,(H,21,24). The van der Waals surface area contributed by atoms with Crippen molar-refractivity contribution in [3.05, 3.63) is 42.1 Å². The van der Waals surface area contributed by atoms with Crippen LogP contribution in [0.2, 0.25) is 0 Å². The highest BCUT2D eigenvalue weighted by molar-refractivity contribution is 6.04. The number of piperazine rings is 1. The quantitative estimate of drug-likeness (QED) is 0.908. The number of carbonyl (C=O) groups is 1. The molecule has 1 amide bonds. The molecule has 0 spiro atoms. The monoisotopic (exact) mass is 354 g/mol. The second-order valence-electron chi connectivity index (χ2n) is 6.51. The lowest BCUT2D eigenvalue weighted by atomic mass is 10.2. The van der Waals surface area contributed by atoms with Crippen molar-refractivity contribution in [3.8, 4) is 11.5 Å². The predicted molar refractivity (Wildman–Crippen MR) is 99.3 cm³/mol. The predicted octanol–water partition coefficient (Wildman–Crippen LogP) is 1.86. The summed E-state index contributed by atoms with van der Waals surface area (Å²) in [5.74, 6) is 2.03. The minimum atomic E-state index is -0.167. The molecule has 0 saturated carbocycles. The molecule has 2 aliphatic rings. The first-order valence-electron chi connectivity index (χ1n) is 8.79. The van der Waals surface area contributed by atoms with Crippen molar-refractivity contribution in [1.82, 2.24) is 9.88 Å². The maximum Gasteiger partial charge on any atom is 0.255 e.